The zero-order valence-corrected chi connectivity index (χ0v) is 10.1. The van der Waals surface area contributed by atoms with Crippen molar-refractivity contribution in [1.29, 1.82) is 0 Å². The van der Waals surface area contributed by atoms with E-state index in [0.29, 0.717) is 6.54 Å². The maximum atomic E-state index is 9.87. The van der Waals surface area contributed by atoms with Gasteiger partial charge in [0.1, 0.15) is 0 Å². The predicted octanol–water partition coefficient (Wildman–Crippen LogP) is 1.74. The van der Waals surface area contributed by atoms with E-state index in [4.69, 9.17) is 4.74 Å². The number of aliphatic hydroxyl groups is 1. The number of nitrogens with one attached hydrogen (secondary N) is 1. The number of aliphatic hydroxyl groups excluding tert-OH is 1. The highest BCUT2D eigenvalue weighted by Crippen LogP contribution is 2.28. The van der Waals surface area contributed by atoms with Crippen LogP contribution in [-0.4, -0.2) is 31.4 Å². The average molecular weight is 235 g/mol. The van der Waals surface area contributed by atoms with Gasteiger partial charge >= 0.3 is 0 Å². The largest absolute Gasteiger partial charge is 0.387 e. The van der Waals surface area contributed by atoms with Gasteiger partial charge in [0, 0.05) is 19.7 Å². The van der Waals surface area contributed by atoms with Gasteiger partial charge in [-0.05, 0) is 24.3 Å². The summed E-state index contributed by atoms with van der Waals surface area (Å²) in [5.41, 5.74) is 0.957. The van der Waals surface area contributed by atoms with Gasteiger partial charge in [0.25, 0.3) is 0 Å². The van der Waals surface area contributed by atoms with Crippen molar-refractivity contribution in [1.82, 2.24) is 5.32 Å². The summed E-state index contributed by atoms with van der Waals surface area (Å²) in [5, 5.41) is 13.1. The van der Waals surface area contributed by atoms with Crippen molar-refractivity contribution < 1.29 is 9.84 Å². The van der Waals surface area contributed by atoms with Gasteiger partial charge < -0.3 is 15.2 Å². The van der Waals surface area contributed by atoms with Gasteiger partial charge in [0.2, 0.25) is 0 Å². The summed E-state index contributed by atoms with van der Waals surface area (Å²) in [6.07, 6.45) is 2.24. The van der Waals surface area contributed by atoms with Crippen molar-refractivity contribution in [3.05, 3.63) is 35.9 Å². The van der Waals surface area contributed by atoms with E-state index in [1.54, 1.807) is 0 Å². The molecule has 2 rings (SSSR count). The van der Waals surface area contributed by atoms with Gasteiger partial charge in [-0.25, -0.2) is 0 Å². The fraction of sp³-hybridized carbons (Fsp3) is 0.571. The second-order valence-electron chi connectivity index (χ2n) is 4.65. The maximum Gasteiger partial charge on any atom is 0.0914 e. The highest BCUT2D eigenvalue weighted by molar-refractivity contribution is 5.17. The van der Waals surface area contributed by atoms with Crippen LogP contribution in [0.15, 0.2) is 30.3 Å². The number of hydrogen-bond acceptors (Lipinski definition) is 3. The smallest absolute Gasteiger partial charge is 0.0914 e. The Hall–Kier alpha value is -0.900. The maximum absolute atomic E-state index is 9.87. The summed E-state index contributed by atoms with van der Waals surface area (Å²) in [4.78, 5) is 0. The Kier molecular flexibility index (Phi) is 4.98. The molecule has 3 nitrogen and oxygen atoms in total. The van der Waals surface area contributed by atoms with E-state index in [0.717, 1.165) is 31.2 Å². The fourth-order valence-electron chi connectivity index (χ4n) is 1.71. The number of ether oxygens (including phenoxy) is 1. The highest BCUT2D eigenvalue weighted by Gasteiger charge is 2.20. The van der Waals surface area contributed by atoms with Gasteiger partial charge in [-0.2, -0.15) is 0 Å². The van der Waals surface area contributed by atoms with E-state index >= 15 is 0 Å². The minimum Gasteiger partial charge on any atom is -0.387 e. The normalized spacial score (nSPS) is 17.0. The van der Waals surface area contributed by atoms with Crippen LogP contribution in [0.5, 0.6) is 0 Å². The molecule has 0 saturated heterocycles. The molecule has 0 aliphatic heterocycles. The van der Waals surface area contributed by atoms with Crippen molar-refractivity contribution in [3.8, 4) is 0 Å². The van der Waals surface area contributed by atoms with Crippen LogP contribution in [0.1, 0.15) is 24.5 Å². The Balaban J connectivity index is 1.52. The van der Waals surface area contributed by atoms with Gasteiger partial charge in [0.15, 0.2) is 0 Å². The highest BCUT2D eigenvalue weighted by atomic mass is 16.5. The zero-order valence-electron chi connectivity index (χ0n) is 10.1. The first kappa shape index (κ1) is 12.6. The average Bonchev–Trinajstić information content (AvgIpc) is 3.18. The predicted molar refractivity (Wildman–Crippen MR) is 67.8 cm³/mol. The van der Waals surface area contributed by atoms with Crippen LogP contribution in [-0.2, 0) is 4.74 Å². The molecule has 0 aromatic heterocycles. The van der Waals surface area contributed by atoms with E-state index in [9.17, 15) is 5.11 Å². The molecule has 0 radical (unpaired) electrons. The SMILES string of the molecule is OC(CNCCOCC1CC1)c1ccccc1. The summed E-state index contributed by atoms with van der Waals surface area (Å²) in [6.45, 7) is 3.02. The van der Waals surface area contributed by atoms with Crippen molar-refractivity contribution in [2.24, 2.45) is 5.92 Å². The third-order valence-corrected chi connectivity index (χ3v) is 3.00. The van der Waals surface area contributed by atoms with E-state index in [1.807, 2.05) is 30.3 Å². The molecule has 0 spiro atoms. The molecular weight excluding hydrogens is 214 g/mol. The van der Waals surface area contributed by atoms with Crippen LogP contribution in [0, 0.1) is 5.92 Å². The second kappa shape index (κ2) is 6.74. The van der Waals surface area contributed by atoms with Crippen molar-refractivity contribution in [2.45, 2.75) is 18.9 Å². The van der Waals surface area contributed by atoms with Crippen molar-refractivity contribution in [3.63, 3.8) is 0 Å². The number of rotatable bonds is 8. The van der Waals surface area contributed by atoms with Crippen LogP contribution >= 0.6 is 0 Å². The zero-order chi connectivity index (χ0) is 11.9. The molecule has 17 heavy (non-hydrogen) atoms. The first-order valence-corrected chi connectivity index (χ1v) is 6.38. The molecule has 0 bridgehead atoms. The van der Waals surface area contributed by atoms with Crippen LogP contribution < -0.4 is 5.32 Å². The first-order chi connectivity index (χ1) is 8.36. The third-order valence-electron chi connectivity index (χ3n) is 3.00. The van der Waals surface area contributed by atoms with Crippen molar-refractivity contribution in [2.75, 3.05) is 26.3 Å². The molecular formula is C14H21NO2. The fourth-order valence-corrected chi connectivity index (χ4v) is 1.71. The monoisotopic (exact) mass is 235 g/mol. The summed E-state index contributed by atoms with van der Waals surface area (Å²) in [6, 6.07) is 9.72. The van der Waals surface area contributed by atoms with Gasteiger partial charge in [0.05, 0.1) is 12.7 Å². The van der Waals surface area contributed by atoms with E-state index in [1.165, 1.54) is 12.8 Å². The summed E-state index contributed by atoms with van der Waals surface area (Å²) < 4.78 is 5.50. The number of benzene rings is 1. The molecule has 1 aromatic carbocycles. The lowest BCUT2D eigenvalue weighted by Gasteiger charge is -2.12. The Morgan fingerprint density at radius 3 is 2.76 bits per heavy atom. The molecule has 94 valence electrons. The molecule has 0 amide bonds. The molecule has 1 unspecified atom stereocenters. The summed E-state index contributed by atoms with van der Waals surface area (Å²) >= 11 is 0. The van der Waals surface area contributed by atoms with Gasteiger partial charge in [-0.1, -0.05) is 30.3 Å². The standard InChI is InChI=1S/C14H21NO2/c16-14(13-4-2-1-3-5-13)10-15-8-9-17-11-12-6-7-12/h1-5,12,14-16H,6-11H2. The topological polar surface area (TPSA) is 41.5 Å². The van der Waals surface area contributed by atoms with Crippen LogP contribution in [0.2, 0.25) is 0 Å². The molecule has 1 saturated carbocycles. The minimum atomic E-state index is -0.431. The van der Waals surface area contributed by atoms with E-state index < -0.39 is 6.10 Å². The molecule has 3 heteroatoms. The molecule has 1 fully saturated rings. The van der Waals surface area contributed by atoms with Crippen LogP contribution in [0.4, 0.5) is 0 Å². The summed E-state index contributed by atoms with van der Waals surface area (Å²) in [7, 11) is 0. The minimum absolute atomic E-state index is 0.431. The van der Waals surface area contributed by atoms with Gasteiger partial charge in [-0.15, -0.1) is 0 Å². The van der Waals surface area contributed by atoms with E-state index in [2.05, 4.69) is 5.32 Å². The Morgan fingerprint density at radius 2 is 2.06 bits per heavy atom. The molecule has 2 N–H and O–H groups in total. The first-order valence-electron chi connectivity index (χ1n) is 6.38. The van der Waals surface area contributed by atoms with Crippen LogP contribution in [0.25, 0.3) is 0 Å². The van der Waals surface area contributed by atoms with Crippen molar-refractivity contribution >= 4 is 0 Å². The lowest BCUT2D eigenvalue weighted by atomic mass is 10.1. The lowest BCUT2D eigenvalue weighted by Crippen LogP contribution is -2.25. The molecule has 1 atom stereocenters. The third kappa shape index (κ3) is 4.86. The Labute approximate surface area is 103 Å². The quantitative estimate of drug-likeness (QED) is 0.674. The van der Waals surface area contributed by atoms with E-state index in [-0.39, 0.29) is 0 Å². The lowest BCUT2D eigenvalue weighted by molar-refractivity contribution is 0.119. The Morgan fingerprint density at radius 1 is 1.29 bits per heavy atom. The second-order valence-corrected chi connectivity index (χ2v) is 4.65. The molecule has 0 heterocycles. The molecule has 1 aliphatic rings. The Bertz CT molecular complexity index is 311. The van der Waals surface area contributed by atoms with Gasteiger partial charge in [-0.3, -0.25) is 0 Å². The van der Waals surface area contributed by atoms with Crippen LogP contribution in [0.3, 0.4) is 0 Å². The molecule has 1 aliphatic carbocycles. The summed E-state index contributed by atoms with van der Waals surface area (Å²) in [5.74, 6) is 0.824. The molecule has 1 aromatic rings. The number of hydrogen-bond donors (Lipinski definition) is 2.